The lowest BCUT2D eigenvalue weighted by molar-refractivity contribution is 0.149. The standard InChI is InChI=1S/C26H32N4O3S/c1-16(2)12-22-19(5)33-24-14-23(25-17(3)8-6-9-18(25)4)28-26(29-24)30-34(31,32)21-11-7-10-20(13-21)15-27-22/h6-11,13-14,16,19,22,27H,12,15H2,1-5H3,(H,28,29,30)/t19-,22+/m0/s1. The van der Waals surface area contributed by atoms with E-state index in [0.29, 0.717) is 24.0 Å². The Morgan fingerprint density at radius 1 is 1.06 bits per heavy atom. The highest BCUT2D eigenvalue weighted by molar-refractivity contribution is 7.92. The fraction of sp³-hybridized carbons (Fsp3) is 0.385. The van der Waals surface area contributed by atoms with Crippen molar-refractivity contribution in [3.8, 4) is 17.1 Å². The average Bonchev–Trinajstić information content (AvgIpc) is 2.75. The lowest BCUT2D eigenvalue weighted by atomic mass is 9.99. The predicted octanol–water partition coefficient (Wildman–Crippen LogP) is 4.85. The molecule has 2 heterocycles. The van der Waals surface area contributed by atoms with E-state index in [1.54, 1.807) is 24.3 Å². The molecule has 0 spiro atoms. The van der Waals surface area contributed by atoms with Gasteiger partial charge < -0.3 is 10.1 Å². The molecule has 4 bridgehead atoms. The molecule has 1 aliphatic rings. The molecule has 0 radical (unpaired) electrons. The van der Waals surface area contributed by atoms with Crippen molar-refractivity contribution in [2.45, 2.75) is 64.6 Å². The summed E-state index contributed by atoms with van der Waals surface area (Å²) in [7, 11) is -3.88. The Hall–Kier alpha value is -2.97. The normalized spacial score (nSPS) is 19.8. The first-order chi connectivity index (χ1) is 16.1. The van der Waals surface area contributed by atoms with Crippen molar-refractivity contribution in [3.05, 3.63) is 65.2 Å². The zero-order valence-electron chi connectivity index (χ0n) is 20.3. The van der Waals surface area contributed by atoms with Crippen LogP contribution in [0.5, 0.6) is 5.88 Å². The van der Waals surface area contributed by atoms with Crippen LogP contribution >= 0.6 is 0 Å². The lowest BCUT2D eigenvalue weighted by Crippen LogP contribution is -2.42. The van der Waals surface area contributed by atoms with Crippen molar-refractivity contribution in [2.24, 2.45) is 5.92 Å². The SMILES string of the molecule is Cc1cccc(C)c1-c1cc2nc(n1)NS(=O)(=O)c1cccc(c1)CN[C@H](CC(C)C)[C@H](C)O2. The quantitative estimate of drug-likeness (QED) is 0.557. The topological polar surface area (TPSA) is 93.2 Å². The molecule has 0 aliphatic carbocycles. The third-order valence-corrected chi connectivity index (χ3v) is 7.37. The molecular formula is C26H32N4O3S. The number of hydrogen-bond acceptors (Lipinski definition) is 6. The third kappa shape index (κ3) is 5.39. The van der Waals surface area contributed by atoms with E-state index >= 15 is 0 Å². The van der Waals surface area contributed by atoms with E-state index in [4.69, 9.17) is 4.74 Å². The molecule has 0 unspecified atom stereocenters. The summed E-state index contributed by atoms with van der Waals surface area (Å²) in [4.78, 5) is 9.18. The van der Waals surface area contributed by atoms with Gasteiger partial charge in [-0.25, -0.2) is 18.1 Å². The van der Waals surface area contributed by atoms with Gasteiger partial charge in [0.1, 0.15) is 6.10 Å². The molecule has 3 aromatic rings. The van der Waals surface area contributed by atoms with Crippen LogP contribution in [-0.2, 0) is 16.6 Å². The van der Waals surface area contributed by atoms with Crippen LogP contribution in [0.25, 0.3) is 11.3 Å². The van der Waals surface area contributed by atoms with Gasteiger partial charge in [-0.1, -0.05) is 44.2 Å². The Bertz CT molecular complexity index is 1270. The Labute approximate surface area is 202 Å². The number of nitrogens with one attached hydrogen (secondary N) is 2. The molecular weight excluding hydrogens is 448 g/mol. The third-order valence-electron chi connectivity index (χ3n) is 6.04. The van der Waals surface area contributed by atoms with Crippen LogP contribution in [0.2, 0.25) is 0 Å². The van der Waals surface area contributed by atoms with Gasteiger partial charge in [-0.3, -0.25) is 0 Å². The molecule has 7 nitrogen and oxygen atoms in total. The summed E-state index contributed by atoms with van der Waals surface area (Å²) in [5.41, 5.74) is 4.51. The molecule has 0 amide bonds. The van der Waals surface area contributed by atoms with E-state index in [1.165, 1.54) is 0 Å². The molecule has 4 rings (SSSR count). The van der Waals surface area contributed by atoms with Gasteiger partial charge in [0, 0.05) is 24.2 Å². The molecule has 180 valence electrons. The number of aryl methyl sites for hydroxylation is 2. The molecule has 0 saturated carbocycles. The Morgan fingerprint density at radius 3 is 2.47 bits per heavy atom. The minimum Gasteiger partial charge on any atom is -0.473 e. The number of nitrogens with zero attached hydrogens (tertiary/aromatic N) is 2. The second-order valence-electron chi connectivity index (χ2n) is 9.37. The molecule has 2 atom stereocenters. The fourth-order valence-electron chi connectivity index (χ4n) is 4.35. The molecule has 8 heteroatoms. The Balaban J connectivity index is 1.86. The van der Waals surface area contributed by atoms with E-state index in [2.05, 4.69) is 33.9 Å². The molecule has 0 saturated heterocycles. The number of aromatic nitrogens is 2. The summed E-state index contributed by atoms with van der Waals surface area (Å²) in [5, 5.41) is 3.56. The maximum Gasteiger partial charge on any atom is 0.264 e. The number of sulfonamides is 1. The van der Waals surface area contributed by atoms with Crippen LogP contribution in [0.1, 0.15) is 43.9 Å². The number of anilines is 1. The van der Waals surface area contributed by atoms with Gasteiger partial charge in [0.2, 0.25) is 11.8 Å². The van der Waals surface area contributed by atoms with Gasteiger partial charge in [-0.15, -0.1) is 0 Å². The summed E-state index contributed by atoms with van der Waals surface area (Å²) >= 11 is 0. The van der Waals surface area contributed by atoms with E-state index in [1.807, 2.05) is 45.0 Å². The maximum atomic E-state index is 13.2. The molecule has 2 N–H and O–H groups in total. The molecule has 34 heavy (non-hydrogen) atoms. The Kier molecular flexibility index (Phi) is 6.91. The number of hydrogen-bond donors (Lipinski definition) is 2. The van der Waals surface area contributed by atoms with Gasteiger partial charge >= 0.3 is 0 Å². The second-order valence-corrected chi connectivity index (χ2v) is 11.1. The lowest BCUT2D eigenvalue weighted by Gasteiger charge is -2.27. The van der Waals surface area contributed by atoms with Crippen LogP contribution in [0.4, 0.5) is 5.95 Å². The summed E-state index contributed by atoms with van der Waals surface area (Å²) in [6, 6.07) is 14.8. The van der Waals surface area contributed by atoms with Crippen LogP contribution in [0.3, 0.4) is 0 Å². The maximum absolute atomic E-state index is 13.2. The van der Waals surface area contributed by atoms with Gasteiger partial charge in [0.15, 0.2) is 0 Å². The van der Waals surface area contributed by atoms with Crippen molar-refractivity contribution in [3.63, 3.8) is 0 Å². The van der Waals surface area contributed by atoms with Crippen molar-refractivity contribution in [2.75, 3.05) is 4.72 Å². The smallest absolute Gasteiger partial charge is 0.264 e. The second kappa shape index (κ2) is 9.72. The van der Waals surface area contributed by atoms with Crippen molar-refractivity contribution in [1.82, 2.24) is 15.3 Å². The number of benzene rings is 2. The largest absolute Gasteiger partial charge is 0.473 e. The van der Waals surface area contributed by atoms with Crippen LogP contribution < -0.4 is 14.8 Å². The van der Waals surface area contributed by atoms with Crippen LogP contribution in [0, 0.1) is 19.8 Å². The van der Waals surface area contributed by atoms with E-state index in [-0.39, 0.29) is 23.0 Å². The van der Waals surface area contributed by atoms with E-state index in [0.717, 1.165) is 28.7 Å². The van der Waals surface area contributed by atoms with Crippen molar-refractivity contribution in [1.29, 1.82) is 0 Å². The minimum atomic E-state index is -3.88. The highest BCUT2D eigenvalue weighted by Gasteiger charge is 2.24. The molecule has 0 fully saturated rings. The fourth-order valence-corrected chi connectivity index (χ4v) is 5.36. The average molecular weight is 481 g/mol. The first-order valence-corrected chi connectivity index (χ1v) is 13.1. The van der Waals surface area contributed by atoms with Crippen LogP contribution in [-0.4, -0.2) is 30.5 Å². The summed E-state index contributed by atoms with van der Waals surface area (Å²) in [6.07, 6.45) is 0.704. The molecule has 1 aliphatic heterocycles. The van der Waals surface area contributed by atoms with E-state index in [9.17, 15) is 8.42 Å². The highest BCUT2D eigenvalue weighted by atomic mass is 32.2. The van der Waals surface area contributed by atoms with Gasteiger partial charge in [0.25, 0.3) is 10.0 Å². The summed E-state index contributed by atoms with van der Waals surface area (Å²) in [5.74, 6) is 0.776. The Morgan fingerprint density at radius 2 is 1.76 bits per heavy atom. The van der Waals surface area contributed by atoms with Crippen LogP contribution in [0.15, 0.2) is 53.4 Å². The van der Waals surface area contributed by atoms with Gasteiger partial charge in [0.05, 0.1) is 10.6 Å². The van der Waals surface area contributed by atoms with Gasteiger partial charge in [-0.2, -0.15) is 4.98 Å². The first kappa shape index (κ1) is 24.2. The monoisotopic (exact) mass is 480 g/mol. The molecule has 2 aromatic carbocycles. The van der Waals surface area contributed by atoms with E-state index < -0.39 is 10.0 Å². The number of rotatable bonds is 3. The summed E-state index contributed by atoms with van der Waals surface area (Å²) in [6.45, 7) is 10.9. The zero-order chi connectivity index (χ0) is 24.5. The number of ether oxygens (including phenoxy) is 1. The summed E-state index contributed by atoms with van der Waals surface area (Å²) < 4.78 is 35.2. The van der Waals surface area contributed by atoms with Crippen molar-refractivity contribution < 1.29 is 13.2 Å². The predicted molar refractivity (Wildman–Crippen MR) is 134 cm³/mol. The number of fused-ring (bicyclic) bond motifs is 4. The first-order valence-electron chi connectivity index (χ1n) is 11.6. The highest BCUT2D eigenvalue weighted by Crippen LogP contribution is 2.30. The van der Waals surface area contributed by atoms with Crippen molar-refractivity contribution >= 4 is 16.0 Å². The molecule has 1 aromatic heterocycles. The van der Waals surface area contributed by atoms with Gasteiger partial charge in [-0.05, 0) is 61.9 Å². The zero-order valence-corrected chi connectivity index (χ0v) is 21.1. The minimum absolute atomic E-state index is 0.0135.